The maximum Gasteiger partial charge on any atom is 0.500 e. The number of halogens is 1. The zero-order chi connectivity index (χ0) is 26.1. The first-order chi connectivity index (χ1) is 17.1. The van der Waals surface area contributed by atoms with Crippen LogP contribution in [-0.4, -0.2) is 60.8 Å². The third-order valence-electron chi connectivity index (χ3n) is 8.01. The molecule has 0 amide bonds. The van der Waals surface area contributed by atoms with Crippen LogP contribution in [0.4, 0.5) is 0 Å². The van der Waals surface area contributed by atoms with Gasteiger partial charge in [-0.05, 0) is 38.5 Å². The molecule has 0 saturated heterocycles. The molecule has 0 spiro atoms. The molecule has 0 radical (unpaired) electrons. The minimum Gasteiger partial charge on any atom is -1.00 e. The van der Waals surface area contributed by atoms with Crippen molar-refractivity contribution >= 4 is 8.80 Å². The Balaban J connectivity index is 0. The third-order valence-corrected chi connectivity index (χ3v) is 10.8. The summed E-state index contributed by atoms with van der Waals surface area (Å²) in [6, 6.07) is 0.931. The van der Waals surface area contributed by atoms with Crippen LogP contribution in [0.1, 0.15) is 143 Å². The molecule has 0 aromatic carbocycles. The van der Waals surface area contributed by atoms with Crippen molar-refractivity contribution in [2.75, 3.05) is 47.5 Å². The zero-order valence-electron chi connectivity index (χ0n) is 25.5. The maximum absolute atomic E-state index is 5.75. The molecule has 0 unspecified atom stereocenters. The Labute approximate surface area is 246 Å². The van der Waals surface area contributed by atoms with Gasteiger partial charge in [-0.1, -0.05) is 97.8 Å². The fourth-order valence-electron chi connectivity index (χ4n) is 5.54. The monoisotopic (exact) mass is 643 g/mol. The van der Waals surface area contributed by atoms with Gasteiger partial charge in [0.2, 0.25) is 0 Å². The van der Waals surface area contributed by atoms with E-state index in [1.165, 1.54) is 146 Å². The number of quaternary nitrogens is 1. The van der Waals surface area contributed by atoms with E-state index in [2.05, 4.69) is 20.8 Å². The lowest BCUT2D eigenvalue weighted by Gasteiger charge is -2.40. The predicted octanol–water partition coefficient (Wildman–Crippen LogP) is 6.16. The van der Waals surface area contributed by atoms with Crippen LogP contribution in [0.25, 0.3) is 0 Å². The second-order valence-electron chi connectivity index (χ2n) is 10.9. The van der Waals surface area contributed by atoms with Crippen LogP contribution in [0.2, 0.25) is 6.04 Å². The van der Waals surface area contributed by atoms with Crippen LogP contribution in [0, 0.1) is 0 Å². The van der Waals surface area contributed by atoms with Crippen LogP contribution in [-0.2, 0) is 13.3 Å². The number of rotatable bonds is 28. The average molecular weight is 644 g/mol. The van der Waals surface area contributed by atoms with Crippen LogP contribution < -0.4 is 24.0 Å². The molecule has 0 fully saturated rings. The average Bonchev–Trinajstić information content (AvgIpc) is 2.88. The Hall–Kier alpha value is 0.787. The summed E-state index contributed by atoms with van der Waals surface area (Å²) in [5.74, 6) is 0. The fraction of sp³-hybridized carbons (Fsp3) is 1.00. The summed E-state index contributed by atoms with van der Waals surface area (Å²) in [7, 11) is 2.78. The largest absolute Gasteiger partial charge is 1.00 e. The van der Waals surface area contributed by atoms with Crippen molar-refractivity contribution in [3.05, 3.63) is 0 Å². The van der Waals surface area contributed by atoms with E-state index in [-0.39, 0.29) is 24.0 Å². The molecule has 0 aliphatic rings. The van der Waals surface area contributed by atoms with E-state index in [0.717, 1.165) is 12.5 Å². The van der Waals surface area contributed by atoms with Gasteiger partial charge in [0.15, 0.2) is 0 Å². The van der Waals surface area contributed by atoms with Gasteiger partial charge >= 0.3 is 8.80 Å². The van der Waals surface area contributed by atoms with E-state index < -0.39 is 8.80 Å². The summed E-state index contributed by atoms with van der Waals surface area (Å²) in [4.78, 5) is 0. The number of nitrogens with zero attached hydrogens (tertiary/aromatic N) is 1. The van der Waals surface area contributed by atoms with Crippen molar-refractivity contribution in [3.63, 3.8) is 0 Å². The molecule has 0 saturated carbocycles. The molecule has 0 atom stereocenters. The van der Waals surface area contributed by atoms with Crippen LogP contribution in [0.3, 0.4) is 0 Å². The minimum atomic E-state index is -2.49. The van der Waals surface area contributed by atoms with Crippen molar-refractivity contribution in [2.45, 2.75) is 149 Å². The van der Waals surface area contributed by atoms with Crippen molar-refractivity contribution in [1.29, 1.82) is 0 Å². The Kier molecular flexibility index (Phi) is 29.6. The number of unbranched alkanes of at least 4 members (excludes halogenated alkanes) is 15. The lowest BCUT2D eigenvalue weighted by atomic mass is 10.1. The predicted molar refractivity (Wildman–Crippen MR) is 156 cm³/mol. The Bertz CT molecular complexity index is 389. The summed E-state index contributed by atoms with van der Waals surface area (Å²) in [6.45, 7) is 12.3. The van der Waals surface area contributed by atoms with Gasteiger partial charge in [-0.15, -0.1) is 0 Å². The normalized spacial score (nSPS) is 12.2. The maximum atomic E-state index is 5.75. The van der Waals surface area contributed by atoms with Crippen molar-refractivity contribution in [3.8, 4) is 0 Å². The molecule has 0 aliphatic carbocycles. The summed E-state index contributed by atoms with van der Waals surface area (Å²) >= 11 is 0. The molecule has 6 heteroatoms. The Morgan fingerprint density at radius 3 is 1.00 bits per heavy atom. The SMILES string of the molecule is CCCCCCCC[N+](CCCCCCCC)(CCCCCCCC)CCC[Si](OC)(OC)OC.[I-]. The van der Waals surface area contributed by atoms with Crippen molar-refractivity contribution < 1.29 is 41.7 Å². The van der Waals surface area contributed by atoms with Gasteiger partial charge in [0.05, 0.1) is 26.2 Å². The smallest absolute Gasteiger partial charge is 0.500 e. The molecule has 4 nitrogen and oxygen atoms in total. The van der Waals surface area contributed by atoms with E-state index in [1.54, 1.807) is 21.3 Å². The molecule has 220 valence electrons. The molecule has 0 aliphatic heterocycles. The summed E-state index contributed by atoms with van der Waals surface area (Å²) in [6.07, 6.45) is 26.2. The molecule has 0 bridgehead atoms. The van der Waals surface area contributed by atoms with Crippen molar-refractivity contribution in [2.24, 2.45) is 0 Å². The molecular weight excluding hydrogens is 577 g/mol. The number of hydrogen-bond acceptors (Lipinski definition) is 3. The highest BCUT2D eigenvalue weighted by atomic mass is 127. The van der Waals surface area contributed by atoms with Gasteiger partial charge < -0.3 is 41.7 Å². The zero-order valence-corrected chi connectivity index (χ0v) is 28.7. The van der Waals surface area contributed by atoms with E-state index in [0.29, 0.717) is 0 Å². The lowest BCUT2D eigenvalue weighted by molar-refractivity contribution is -0.929. The summed E-state index contributed by atoms with van der Waals surface area (Å²) in [5.41, 5.74) is 0. The first-order valence-electron chi connectivity index (χ1n) is 15.6. The Morgan fingerprint density at radius 2 is 0.694 bits per heavy atom. The third kappa shape index (κ3) is 19.8. The standard InChI is InChI=1S/C30H66NO3Si.HI/c1-7-10-13-16-19-22-26-31(27-23-20-17-14-11-8-2,28-24-21-18-15-12-9-3)29-25-30-35(32-4,33-5)34-6;/h7-30H2,1-6H3;1H/q+1;/p-1. The van der Waals surface area contributed by atoms with Crippen LogP contribution in [0.5, 0.6) is 0 Å². The second kappa shape index (κ2) is 27.4. The highest BCUT2D eigenvalue weighted by molar-refractivity contribution is 6.60. The Morgan fingerprint density at radius 1 is 0.417 bits per heavy atom. The molecule has 0 aromatic heterocycles. The van der Waals surface area contributed by atoms with Gasteiger partial charge in [-0.2, -0.15) is 0 Å². The van der Waals surface area contributed by atoms with Crippen LogP contribution >= 0.6 is 0 Å². The fourth-order valence-corrected chi connectivity index (χ4v) is 7.24. The topological polar surface area (TPSA) is 27.7 Å². The summed E-state index contributed by atoms with van der Waals surface area (Å²) in [5, 5.41) is 0. The van der Waals surface area contributed by atoms with Gasteiger partial charge in [0, 0.05) is 33.8 Å². The van der Waals surface area contributed by atoms with Gasteiger partial charge in [-0.25, -0.2) is 0 Å². The molecule has 0 N–H and O–H groups in total. The van der Waals surface area contributed by atoms with Gasteiger partial charge in [0.25, 0.3) is 0 Å². The summed E-state index contributed by atoms with van der Waals surface area (Å²) < 4.78 is 18.6. The minimum absolute atomic E-state index is 0. The van der Waals surface area contributed by atoms with Gasteiger partial charge in [0.1, 0.15) is 0 Å². The quantitative estimate of drug-likeness (QED) is 0.0443. The molecule has 0 aromatic rings. The highest BCUT2D eigenvalue weighted by Crippen LogP contribution is 2.22. The van der Waals surface area contributed by atoms with E-state index in [4.69, 9.17) is 13.3 Å². The number of hydrogen-bond donors (Lipinski definition) is 0. The molecule has 0 rings (SSSR count). The first kappa shape index (κ1) is 38.9. The van der Waals surface area contributed by atoms with E-state index >= 15 is 0 Å². The molecule has 0 heterocycles. The second-order valence-corrected chi connectivity index (χ2v) is 14.0. The first-order valence-corrected chi connectivity index (χ1v) is 17.5. The van der Waals surface area contributed by atoms with Crippen LogP contribution in [0.15, 0.2) is 0 Å². The molecular formula is C30H66INO3Si. The molecule has 36 heavy (non-hydrogen) atoms. The highest BCUT2D eigenvalue weighted by Gasteiger charge is 2.38. The van der Waals surface area contributed by atoms with E-state index in [1.807, 2.05) is 0 Å². The van der Waals surface area contributed by atoms with Crippen molar-refractivity contribution in [1.82, 2.24) is 0 Å². The van der Waals surface area contributed by atoms with E-state index in [9.17, 15) is 0 Å². The lowest BCUT2D eigenvalue weighted by Crippen LogP contribution is -3.00. The van der Waals surface area contributed by atoms with Gasteiger partial charge in [-0.3, -0.25) is 0 Å².